The first kappa shape index (κ1) is 15.1. The fourth-order valence-corrected chi connectivity index (χ4v) is 2.07. The number of methoxy groups -OCH3 is 1. The largest absolute Gasteiger partial charge is 0.497 e. The molecule has 0 fully saturated rings. The average Bonchev–Trinajstić information content (AvgIpc) is 2.92. The highest BCUT2D eigenvalue weighted by atomic mass is 16.5. The summed E-state index contributed by atoms with van der Waals surface area (Å²) in [7, 11) is 1.60. The number of carbonyl (C=O) groups is 1. The predicted molar refractivity (Wildman–Crippen MR) is 83.4 cm³/mol. The van der Waals surface area contributed by atoms with Crippen LogP contribution in [0.25, 0.3) is 0 Å². The summed E-state index contributed by atoms with van der Waals surface area (Å²) in [6.07, 6.45) is 1.91. The second-order valence-corrected chi connectivity index (χ2v) is 4.69. The standard InChI is InChI=1S/C16H21N3O2/c1-3-17-11-14-7-5-9-19(14)12-16(20)18-13-6-4-8-15(10-13)21-2/h4-10,17H,3,11-12H2,1-2H3,(H,18,20). The number of benzene rings is 1. The van der Waals surface area contributed by atoms with Gasteiger partial charge in [0, 0.05) is 30.2 Å². The summed E-state index contributed by atoms with van der Waals surface area (Å²) in [5, 5.41) is 6.14. The average molecular weight is 287 g/mol. The van der Waals surface area contributed by atoms with Crippen LogP contribution >= 0.6 is 0 Å². The minimum absolute atomic E-state index is 0.0581. The van der Waals surface area contributed by atoms with E-state index in [9.17, 15) is 4.79 Å². The van der Waals surface area contributed by atoms with Crippen molar-refractivity contribution < 1.29 is 9.53 Å². The zero-order valence-electron chi connectivity index (χ0n) is 12.4. The van der Waals surface area contributed by atoms with Crippen LogP contribution in [0, 0.1) is 0 Å². The molecule has 0 unspecified atom stereocenters. The van der Waals surface area contributed by atoms with Gasteiger partial charge in [-0.1, -0.05) is 13.0 Å². The molecule has 0 saturated carbocycles. The zero-order valence-corrected chi connectivity index (χ0v) is 12.4. The summed E-state index contributed by atoms with van der Waals surface area (Å²) in [6, 6.07) is 11.3. The van der Waals surface area contributed by atoms with E-state index >= 15 is 0 Å². The van der Waals surface area contributed by atoms with E-state index in [1.54, 1.807) is 13.2 Å². The first-order chi connectivity index (χ1) is 10.2. The van der Waals surface area contributed by atoms with Crippen molar-refractivity contribution in [2.75, 3.05) is 19.0 Å². The number of nitrogens with zero attached hydrogens (tertiary/aromatic N) is 1. The molecule has 0 atom stereocenters. The van der Waals surface area contributed by atoms with Gasteiger partial charge in [0.15, 0.2) is 0 Å². The van der Waals surface area contributed by atoms with Crippen LogP contribution in [0.15, 0.2) is 42.6 Å². The summed E-state index contributed by atoms with van der Waals surface area (Å²) >= 11 is 0. The molecule has 1 aromatic heterocycles. The lowest BCUT2D eigenvalue weighted by atomic mass is 10.3. The van der Waals surface area contributed by atoms with Gasteiger partial charge in [-0.3, -0.25) is 4.79 Å². The third kappa shape index (κ3) is 4.36. The first-order valence-electron chi connectivity index (χ1n) is 7.01. The van der Waals surface area contributed by atoms with E-state index < -0.39 is 0 Å². The monoisotopic (exact) mass is 287 g/mol. The Bertz CT molecular complexity index is 593. The molecule has 0 saturated heterocycles. The van der Waals surface area contributed by atoms with Crippen LogP contribution in [0.5, 0.6) is 5.75 Å². The van der Waals surface area contributed by atoms with Crippen molar-refractivity contribution in [2.24, 2.45) is 0 Å². The van der Waals surface area contributed by atoms with Gasteiger partial charge >= 0.3 is 0 Å². The highest BCUT2D eigenvalue weighted by Gasteiger charge is 2.07. The highest BCUT2D eigenvalue weighted by Crippen LogP contribution is 2.16. The Morgan fingerprint density at radius 3 is 2.90 bits per heavy atom. The van der Waals surface area contributed by atoms with Gasteiger partial charge < -0.3 is 19.9 Å². The van der Waals surface area contributed by atoms with Crippen molar-refractivity contribution in [3.63, 3.8) is 0 Å². The molecule has 0 spiro atoms. The van der Waals surface area contributed by atoms with Gasteiger partial charge in [0.2, 0.25) is 5.91 Å². The Kier molecular flexibility index (Phi) is 5.40. The first-order valence-corrected chi connectivity index (χ1v) is 7.01. The number of anilines is 1. The van der Waals surface area contributed by atoms with Gasteiger partial charge in [0.25, 0.3) is 0 Å². The molecule has 0 aliphatic heterocycles. The smallest absolute Gasteiger partial charge is 0.244 e. The van der Waals surface area contributed by atoms with Crippen LogP contribution in [0.2, 0.25) is 0 Å². The molecule has 1 amide bonds. The molecule has 5 heteroatoms. The van der Waals surface area contributed by atoms with E-state index in [0.29, 0.717) is 6.54 Å². The Morgan fingerprint density at radius 2 is 2.14 bits per heavy atom. The Morgan fingerprint density at radius 1 is 1.29 bits per heavy atom. The lowest BCUT2D eigenvalue weighted by Gasteiger charge is -2.11. The van der Waals surface area contributed by atoms with E-state index in [1.165, 1.54) is 0 Å². The van der Waals surface area contributed by atoms with Crippen molar-refractivity contribution in [1.29, 1.82) is 0 Å². The number of hydrogen-bond donors (Lipinski definition) is 2. The summed E-state index contributed by atoms with van der Waals surface area (Å²) in [4.78, 5) is 12.1. The van der Waals surface area contributed by atoms with Crippen LogP contribution < -0.4 is 15.4 Å². The van der Waals surface area contributed by atoms with Crippen molar-refractivity contribution in [2.45, 2.75) is 20.0 Å². The molecule has 0 radical (unpaired) electrons. The third-order valence-corrected chi connectivity index (χ3v) is 3.15. The van der Waals surface area contributed by atoms with E-state index in [-0.39, 0.29) is 5.91 Å². The number of rotatable bonds is 7. The molecule has 21 heavy (non-hydrogen) atoms. The molecule has 0 aliphatic rings. The normalized spacial score (nSPS) is 10.4. The summed E-state index contributed by atoms with van der Waals surface area (Å²) in [5.41, 5.74) is 1.83. The molecule has 112 valence electrons. The van der Waals surface area contributed by atoms with Gasteiger partial charge in [-0.15, -0.1) is 0 Å². The lowest BCUT2D eigenvalue weighted by molar-refractivity contribution is -0.116. The van der Waals surface area contributed by atoms with Crippen molar-refractivity contribution >= 4 is 11.6 Å². The number of amides is 1. The lowest BCUT2D eigenvalue weighted by Crippen LogP contribution is -2.21. The molecule has 1 aromatic carbocycles. The van der Waals surface area contributed by atoms with E-state index in [1.807, 2.05) is 41.1 Å². The molecule has 2 rings (SSSR count). The zero-order chi connectivity index (χ0) is 15.1. The maximum Gasteiger partial charge on any atom is 0.244 e. The van der Waals surface area contributed by atoms with E-state index in [0.717, 1.165) is 30.2 Å². The second-order valence-electron chi connectivity index (χ2n) is 4.69. The summed E-state index contributed by atoms with van der Waals surface area (Å²) in [5.74, 6) is 0.666. The molecule has 0 bridgehead atoms. The molecule has 2 N–H and O–H groups in total. The van der Waals surface area contributed by atoms with Crippen LogP contribution in [0.3, 0.4) is 0 Å². The number of carbonyl (C=O) groups excluding carboxylic acids is 1. The topological polar surface area (TPSA) is 55.3 Å². The minimum Gasteiger partial charge on any atom is -0.497 e. The van der Waals surface area contributed by atoms with Gasteiger partial charge in [-0.2, -0.15) is 0 Å². The second kappa shape index (κ2) is 7.50. The highest BCUT2D eigenvalue weighted by molar-refractivity contribution is 5.90. The fourth-order valence-electron chi connectivity index (χ4n) is 2.07. The van der Waals surface area contributed by atoms with Gasteiger partial charge in [0.05, 0.1) is 7.11 Å². The Balaban J connectivity index is 1.96. The molecule has 5 nitrogen and oxygen atoms in total. The van der Waals surface area contributed by atoms with Crippen LogP contribution in [-0.2, 0) is 17.9 Å². The minimum atomic E-state index is -0.0581. The maximum atomic E-state index is 12.1. The van der Waals surface area contributed by atoms with Crippen LogP contribution in [0.1, 0.15) is 12.6 Å². The van der Waals surface area contributed by atoms with Gasteiger partial charge in [0.1, 0.15) is 12.3 Å². The molecular formula is C16H21N3O2. The Hall–Kier alpha value is -2.27. The van der Waals surface area contributed by atoms with Gasteiger partial charge in [-0.05, 0) is 30.8 Å². The molecule has 1 heterocycles. The fraction of sp³-hybridized carbons (Fsp3) is 0.312. The van der Waals surface area contributed by atoms with Crippen LogP contribution in [0.4, 0.5) is 5.69 Å². The summed E-state index contributed by atoms with van der Waals surface area (Å²) in [6.45, 7) is 4.02. The number of ether oxygens (including phenoxy) is 1. The number of aromatic nitrogens is 1. The van der Waals surface area contributed by atoms with Crippen LogP contribution in [-0.4, -0.2) is 24.1 Å². The predicted octanol–water partition coefficient (Wildman–Crippen LogP) is 2.24. The summed E-state index contributed by atoms with van der Waals surface area (Å²) < 4.78 is 7.08. The van der Waals surface area contributed by atoms with Crippen molar-refractivity contribution in [3.8, 4) is 5.75 Å². The van der Waals surface area contributed by atoms with Crippen molar-refractivity contribution in [1.82, 2.24) is 9.88 Å². The number of nitrogens with one attached hydrogen (secondary N) is 2. The quantitative estimate of drug-likeness (QED) is 0.821. The molecular weight excluding hydrogens is 266 g/mol. The molecule has 2 aromatic rings. The SMILES string of the molecule is CCNCc1cccn1CC(=O)Nc1cccc(OC)c1. The van der Waals surface area contributed by atoms with Crippen molar-refractivity contribution in [3.05, 3.63) is 48.3 Å². The maximum absolute atomic E-state index is 12.1. The molecule has 0 aliphatic carbocycles. The van der Waals surface area contributed by atoms with E-state index in [4.69, 9.17) is 4.74 Å². The van der Waals surface area contributed by atoms with E-state index in [2.05, 4.69) is 17.6 Å². The number of hydrogen-bond acceptors (Lipinski definition) is 3. The Labute approximate surface area is 124 Å². The third-order valence-electron chi connectivity index (χ3n) is 3.15. The van der Waals surface area contributed by atoms with Gasteiger partial charge in [-0.25, -0.2) is 0 Å².